The fraction of sp³-hybridized carbons (Fsp3) is 0.278. The van der Waals surface area contributed by atoms with Crippen molar-refractivity contribution in [2.45, 2.75) is 26.8 Å². The maximum Gasteiger partial charge on any atom is 0.239 e. The van der Waals surface area contributed by atoms with E-state index in [1.54, 1.807) is 0 Å². The number of carbonyl (C=O) groups excluding carboxylic acids is 1. The molecule has 1 unspecified atom stereocenters. The van der Waals surface area contributed by atoms with Gasteiger partial charge in [-0.3, -0.25) is 4.79 Å². The lowest BCUT2D eigenvalue weighted by Crippen LogP contribution is -2.32. The number of amides is 1. The zero-order valence-corrected chi connectivity index (χ0v) is 12.8. The van der Waals surface area contributed by atoms with Gasteiger partial charge in [0.15, 0.2) is 0 Å². The third-order valence-electron chi connectivity index (χ3n) is 3.72. The maximum absolute atomic E-state index is 12.0. The van der Waals surface area contributed by atoms with Gasteiger partial charge in [-0.25, -0.2) is 0 Å². The molecule has 0 fully saturated rings. The number of aryl methyl sites for hydroxylation is 1. The van der Waals surface area contributed by atoms with E-state index in [2.05, 4.69) is 30.5 Å². The van der Waals surface area contributed by atoms with Crippen LogP contribution in [0.2, 0.25) is 0 Å². The molecule has 0 aliphatic rings. The van der Waals surface area contributed by atoms with E-state index in [1.165, 1.54) is 11.1 Å². The second kappa shape index (κ2) is 6.93. The van der Waals surface area contributed by atoms with Crippen molar-refractivity contribution in [1.29, 1.82) is 0 Å². The van der Waals surface area contributed by atoms with Crippen LogP contribution in [0.1, 0.15) is 29.7 Å². The summed E-state index contributed by atoms with van der Waals surface area (Å²) < 4.78 is 0. The van der Waals surface area contributed by atoms with Gasteiger partial charge in [-0.05, 0) is 43.5 Å². The van der Waals surface area contributed by atoms with Gasteiger partial charge in [-0.15, -0.1) is 0 Å². The Labute approximate surface area is 126 Å². The van der Waals surface area contributed by atoms with Crippen LogP contribution in [0.5, 0.6) is 0 Å². The Hall–Kier alpha value is -2.29. The summed E-state index contributed by atoms with van der Waals surface area (Å²) in [6, 6.07) is 16.0. The normalized spacial score (nSPS) is 11.8. The molecule has 0 aliphatic heterocycles. The van der Waals surface area contributed by atoms with Crippen LogP contribution in [0.15, 0.2) is 48.5 Å². The predicted octanol–water partition coefficient (Wildman–Crippen LogP) is 3.59. The molecule has 110 valence electrons. The fourth-order valence-corrected chi connectivity index (χ4v) is 2.24. The van der Waals surface area contributed by atoms with Crippen LogP contribution in [0.3, 0.4) is 0 Å². The van der Waals surface area contributed by atoms with Crippen LogP contribution in [0, 0.1) is 13.8 Å². The van der Waals surface area contributed by atoms with Gasteiger partial charge >= 0.3 is 0 Å². The second-order valence-electron chi connectivity index (χ2n) is 5.30. The van der Waals surface area contributed by atoms with Crippen LogP contribution in [0.4, 0.5) is 5.69 Å². The molecule has 0 spiro atoms. The lowest BCUT2D eigenvalue weighted by atomic mass is 10.1. The second-order valence-corrected chi connectivity index (χ2v) is 5.30. The van der Waals surface area contributed by atoms with Crippen molar-refractivity contribution in [1.82, 2.24) is 5.32 Å². The highest BCUT2D eigenvalue weighted by atomic mass is 16.1. The first-order valence-electron chi connectivity index (χ1n) is 7.22. The summed E-state index contributed by atoms with van der Waals surface area (Å²) in [5.41, 5.74) is 4.52. The van der Waals surface area contributed by atoms with Crippen molar-refractivity contribution < 1.29 is 4.79 Å². The number of hydrogen-bond acceptors (Lipinski definition) is 2. The minimum Gasteiger partial charge on any atom is -0.376 e. The molecule has 3 nitrogen and oxygen atoms in total. The van der Waals surface area contributed by atoms with E-state index in [-0.39, 0.29) is 18.5 Å². The minimum atomic E-state index is -0.00717. The minimum absolute atomic E-state index is 0.00717. The van der Waals surface area contributed by atoms with Crippen molar-refractivity contribution in [3.8, 4) is 0 Å². The van der Waals surface area contributed by atoms with E-state index in [1.807, 2.05) is 49.4 Å². The number of carbonyl (C=O) groups is 1. The molecule has 0 aromatic heterocycles. The third-order valence-corrected chi connectivity index (χ3v) is 3.72. The topological polar surface area (TPSA) is 41.1 Å². The van der Waals surface area contributed by atoms with E-state index in [4.69, 9.17) is 0 Å². The highest BCUT2D eigenvalue weighted by Crippen LogP contribution is 2.17. The van der Waals surface area contributed by atoms with Gasteiger partial charge in [0, 0.05) is 5.69 Å². The molecule has 0 saturated heterocycles. The molecule has 0 aliphatic carbocycles. The molecule has 2 rings (SSSR count). The monoisotopic (exact) mass is 282 g/mol. The summed E-state index contributed by atoms with van der Waals surface area (Å²) in [5.74, 6) is -0.00717. The van der Waals surface area contributed by atoms with E-state index in [0.717, 1.165) is 11.3 Å². The number of benzene rings is 2. The van der Waals surface area contributed by atoms with Gasteiger partial charge in [0.05, 0.1) is 12.6 Å². The summed E-state index contributed by atoms with van der Waals surface area (Å²) in [6.45, 7) is 6.40. The molecule has 0 radical (unpaired) electrons. The molecule has 21 heavy (non-hydrogen) atoms. The van der Waals surface area contributed by atoms with Crippen molar-refractivity contribution in [3.63, 3.8) is 0 Å². The van der Waals surface area contributed by atoms with Gasteiger partial charge in [-0.2, -0.15) is 0 Å². The highest BCUT2D eigenvalue weighted by molar-refractivity contribution is 5.81. The van der Waals surface area contributed by atoms with Crippen LogP contribution >= 0.6 is 0 Å². The zero-order chi connectivity index (χ0) is 15.2. The molecule has 3 heteroatoms. The fourth-order valence-electron chi connectivity index (χ4n) is 2.24. The van der Waals surface area contributed by atoms with Crippen LogP contribution in [-0.2, 0) is 4.79 Å². The number of nitrogens with one attached hydrogen (secondary N) is 2. The molecule has 0 saturated carbocycles. The van der Waals surface area contributed by atoms with E-state index in [9.17, 15) is 4.79 Å². The van der Waals surface area contributed by atoms with Crippen molar-refractivity contribution >= 4 is 11.6 Å². The van der Waals surface area contributed by atoms with Gasteiger partial charge in [0.25, 0.3) is 0 Å². The maximum atomic E-state index is 12.0. The molecule has 2 N–H and O–H groups in total. The summed E-state index contributed by atoms with van der Waals surface area (Å²) in [4.78, 5) is 12.0. The van der Waals surface area contributed by atoms with E-state index in [0.29, 0.717) is 0 Å². The van der Waals surface area contributed by atoms with E-state index >= 15 is 0 Å². The molecule has 1 amide bonds. The summed E-state index contributed by atoms with van der Waals surface area (Å²) in [5, 5.41) is 6.20. The first kappa shape index (κ1) is 15.1. The molecule has 1 atom stereocenters. The Morgan fingerprint density at radius 2 is 1.76 bits per heavy atom. The standard InChI is InChI=1S/C18H22N2O/c1-13-8-7-11-17(14(13)2)19-12-18(21)20-15(3)16-9-5-4-6-10-16/h4-11,15,19H,12H2,1-3H3,(H,20,21). The zero-order valence-electron chi connectivity index (χ0n) is 12.8. The Morgan fingerprint density at radius 3 is 2.48 bits per heavy atom. The molecule has 2 aromatic rings. The van der Waals surface area contributed by atoms with Crippen molar-refractivity contribution in [2.24, 2.45) is 0 Å². The summed E-state index contributed by atoms with van der Waals surface area (Å²) >= 11 is 0. The van der Waals surface area contributed by atoms with Gasteiger partial charge in [0.2, 0.25) is 5.91 Å². The number of anilines is 1. The average molecular weight is 282 g/mol. The SMILES string of the molecule is Cc1cccc(NCC(=O)NC(C)c2ccccc2)c1C. The predicted molar refractivity (Wildman–Crippen MR) is 87.4 cm³/mol. The molecule has 0 bridgehead atoms. The van der Waals surface area contributed by atoms with E-state index < -0.39 is 0 Å². The Bertz CT molecular complexity index is 608. The highest BCUT2D eigenvalue weighted by Gasteiger charge is 2.09. The van der Waals surface area contributed by atoms with Gasteiger partial charge < -0.3 is 10.6 Å². The number of rotatable bonds is 5. The lowest BCUT2D eigenvalue weighted by molar-refractivity contribution is -0.120. The molecular weight excluding hydrogens is 260 g/mol. The molecular formula is C18H22N2O. The third kappa shape index (κ3) is 4.09. The van der Waals surface area contributed by atoms with Crippen molar-refractivity contribution in [3.05, 3.63) is 65.2 Å². The molecule has 0 heterocycles. The lowest BCUT2D eigenvalue weighted by Gasteiger charge is -2.16. The van der Waals surface area contributed by atoms with Gasteiger partial charge in [-0.1, -0.05) is 42.5 Å². The largest absolute Gasteiger partial charge is 0.376 e. The first-order valence-corrected chi connectivity index (χ1v) is 7.22. The first-order chi connectivity index (χ1) is 10.1. The Balaban J connectivity index is 1.89. The Morgan fingerprint density at radius 1 is 1.05 bits per heavy atom. The van der Waals surface area contributed by atoms with Crippen molar-refractivity contribution in [2.75, 3.05) is 11.9 Å². The van der Waals surface area contributed by atoms with Gasteiger partial charge in [0.1, 0.15) is 0 Å². The average Bonchev–Trinajstić information content (AvgIpc) is 2.49. The summed E-state index contributed by atoms with van der Waals surface area (Å²) in [7, 11) is 0. The number of hydrogen-bond donors (Lipinski definition) is 2. The van der Waals surface area contributed by atoms with Crippen LogP contribution in [-0.4, -0.2) is 12.5 Å². The molecule has 2 aromatic carbocycles. The quantitative estimate of drug-likeness (QED) is 0.880. The van der Waals surface area contributed by atoms with Crippen LogP contribution < -0.4 is 10.6 Å². The Kier molecular flexibility index (Phi) is 4.99. The summed E-state index contributed by atoms with van der Waals surface area (Å²) in [6.07, 6.45) is 0. The van der Waals surface area contributed by atoms with Crippen LogP contribution in [0.25, 0.3) is 0 Å². The smallest absolute Gasteiger partial charge is 0.239 e.